The van der Waals surface area contributed by atoms with Gasteiger partial charge in [0.05, 0.1) is 0 Å². The molecule has 0 fully saturated rings. The standard InChI is InChI=1S/C20H16FNO/c1-3-19(23)10-17-7-6-16(11-20(17)21)15-5-4-14-8-13(2)22-12-18(14)9-15/h1,4-9,11-12,19,23H,10H2,2H3. The van der Waals surface area contributed by atoms with Gasteiger partial charge in [0.2, 0.25) is 0 Å². The fourth-order valence-electron chi connectivity index (χ4n) is 2.59. The van der Waals surface area contributed by atoms with Gasteiger partial charge in [-0.2, -0.15) is 0 Å². The van der Waals surface area contributed by atoms with Crippen LogP contribution in [0.25, 0.3) is 21.9 Å². The van der Waals surface area contributed by atoms with E-state index in [1.807, 2.05) is 43.5 Å². The van der Waals surface area contributed by atoms with Gasteiger partial charge in [0.1, 0.15) is 11.9 Å². The Balaban J connectivity index is 1.97. The molecule has 3 heteroatoms. The minimum Gasteiger partial charge on any atom is -0.380 e. The molecule has 0 aliphatic heterocycles. The van der Waals surface area contributed by atoms with E-state index in [0.717, 1.165) is 27.6 Å². The van der Waals surface area contributed by atoms with Gasteiger partial charge < -0.3 is 5.11 Å². The number of hydrogen-bond donors (Lipinski definition) is 1. The molecule has 2 nitrogen and oxygen atoms in total. The second kappa shape index (κ2) is 6.20. The van der Waals surface area contributed by atoms with Crippen molar-refractivity contribution in [2.24, 2.45) is 0 Å². The Bertz CT molecular complexity index is 911. The van der Waals surface area contributed by atoms with Crippen LogP contribution >= 0.6 is 0 Å². The number of aliphatic hydroxyl groups excluding tert-OH is 1. The first kappa shape index (κ1) is 15.2. The molecule has 0 saturated heterocycles. The maximum absolute atomic E-state index is 14.2. The van der Waals surface area contributed by atoms with Crippen molar-refractivity contribution < 1.29 is 9.50 Å². The van der Waals surface area contributed by atoms with E-state index in [-0.39, 0.29) is 12.2 Å². The van der Waals surface area contributed by atoms with Crippen molar-refractivity contribution in [2.45, 2.75) is 19.4 Å². The van der Waals surface area contributed by atoms with Crippen LogP contribution in [-0.4, -0.2) is 16.2 Å². The third-order valence-corrected chi connectivity index (χ3v) is 3.85. The number of rotatable bonds is 3. The molecule has 114 valence electrons. The summed E-state index contributed by atoms with van der Waals surface area (Å²) in [6.45, 7) is 1.95. The fraction of sp³-hybridized carbons (Fsp3) is 0.150. The SMILES string of the molecule is C#CC(O)Cc1ccc(-c2ccc3cc(C)ncc3c2)cc1F. The molecule has 2 aromatic carbocycles. The average molecular weight is 305 g/mol. The molecule has 1 atom stereocenters. The van der Waals surface area contributed by atoms with Gasteiger partial charge in [0, 0.05) is 23.7 Å². The lowest BCUT2D eigenvalue weighted by Crippen LogP contribution is -2.08. The van der Waals surface area contributed by atoms with Crippen LogP contribution < -0.4 is 0 Å². The second-order valence-electron chi connectivity index (χ2n) is 5.58. The molecule has 1 N–H and O–H groups in total. The Morgan fingerprint density at radius 2 is 1.87 bits per heavy atom. The number of fused-ring (bicyclic) bond motifs is 1. The molecule has 23 heavy (non-hydrogen) atoms. The molecule has 0 bridgehead atoms. The zero-order chi connectivity index (χ0) is 16.4. The predicted octanol–water partition coefficient (Wildman–Crippen LogP) is 3.89. The highest BCUT2D eigenvalue weighted by Crippen LogP contribution is 2.26. The van der Waals surface area contributed by atoms with E-state index in [0.29, 0.717) is 5.56 Å². The summed E-state index contributed by atoms with van der Waals surface area (Å²) in [5.74, 6) is 1.83. The maximum atomic E-state index is 14.2. The quantitative estimate of drug-likeness (QED) is 0.745. The van der Waals surface area contributed by atoms with Crippen LogP contribution in [0.4, 0.5) is 4.39 Å². The summed E-state index contributed by atoms with van der Waals surface area (Å²) in [4.78, 5) is 4.30. The highest BCUT2D eigenvalue weighted by atomic mass is 19.1. The maximum Gasteiger partial charge on any atom is 0.127 e. The molecule has 0 amide bonds. The van der Waals surface area contributed by atoms with Crippen LogP contribution in [0.1, 0.15) is 11.3 Å². The summed E-state index contributed by atoms with van der Waals surface area (Å²) in [6.07, 6.45) is 6.09. The Labute approximate surface area is 134 Å². The molecule has 1 aromatic heterocycles. The summed E-state index contributed by atoms with van der Waals surface area (Å²) in [5.41, 5.74) is 3.08. The number of hydrogen-bond acceptors (Lipinski definition) is 2. The highest BCUT2D eigenvalue weighted by Gasteiger charge is 2.09. The third kappa shape index (κ3) is 3.23. The zero-order valence-electron chi connectivity index (χ0n) is 12.8. The van der Waals surface area contributed by atoms with Crippen molar-refractivity contribution in [1.29, 1.82) is 0 Å². The van der Waals surface area contributed by atoms with E-state index in [4.69, 9.17) is 6.42 Å². The number of halogens is 1. The first-order valence-electron chi connectivity index (χ1n) is 7.36. The minimum absolute atomic E-state index is 0.115. The van der Waals surface area contributed by atoms with Gasteiger partial charge >= 0.3 is 0 Å². The van der Waals surface area contributed by atoms with Gasteiger partial charge in [-0.3, -0.25) is 4.98 Å². The average Bonchev–Trinajstić information content (AvgIpc) is 2.56. The Morgan fingerprint density at radius 3 is 2.61 bits per heavy atom. The van der Waals surface area contributed by atoms with E-state index in [9.17, 15) is 9.50 Å². The Hall–Kier alpha value is -2.70. The molecule has 0 aliphatic rings. The van der Waals surface area contributed by atoms with Crippen molar-refractivity contribution in [3.63, 3.8) is 0 Å². The van der Waals surface area contributed by atoms with Crippen LogP contribution in [0.5, 0.6) is 0 Å². The summed E-state index contributed by atoms with van der Waals surface area (Å²) in [7, 11) is 0. The molecule has 1 heterocycles. The van der Waals surface area contributed by atoms with Gasteiger partial charge in [-0.05, 0) is 47.2 Å². The smallest absolute Gasteiger partial charge is 0.127 e. The van der Waals surface area contributed by atoms with E-state index in [1.165, 1.54) is 6.07 Å². The zero-order valence-corrected chi connectivity index (χ0v) is 12.8. The van der Waals surface area contributed by atoms with Gasteiger partial charge in [0.15, 0.2) is 0 Å². The lowest BCUT2D eigenvalue weighted by atomic mass is 9.99. The number of aromatic nitrogens is 1. The van der Waals surface area contributed by atoms with Crippen molar-refractivity contribution in [2.75, 3.05) is 0 Å². The molecule has 0 spiro atoms. The molecule has 3 aromatic rings. The van der Waals surface area contributed by atoms with E-state index in [2.05, 4.69) is 10.9 Å². The largest absolute Gasteiger partial charge is 0.380 e. The number of terminal acetylenes is 1. The monoisotopic (exact) mass is 305 g/mol. The number of nitrogens with zero attached hydrogens (tertiary/aromatic N) is 1. The van der Waals surface area contributed by atoms with Gasteiger partial charge in [-0.15, -0.1) is 6.42 Å². The van der Waals surface area contributed by atoms with Crippen LogP contribution in [0.3, 0.4) is 0 Å². The van der Waals surface area contributed by atoms with E-state index < -0.39 is 6.10 Å². The number of aliphatic hydroxyl groups is 1. The lowest BCUT2D eigenvalue weighted by molar-refractivity contribution is 0.232. The molecule has 0 radical (unpaired) electrons. The molecular weight excluding hydrogens is 289 g/mol. The fourth-order valence-corrected chi connectivity index (χ4v) is 2.59. The van der Waals surface area contributed by atoms with Crippen LogP contribution in [0.15, 0.2) is 48.7 Å². The van der Waals surface area contributed by atoms with Crippen LogP contribution in [0.2, 0.25) is 0 Å². The first-order valence-corrected chi connectivity index (χ1v) is 7.36. The van der Waals surface area contributed by atoms with Crippen molar-refractivity contribution in [1.82, 2.24) is 4.98 Å². The normalized spacial score (nSPS) is 12.1. The van der Waals surface area contributed by atoms with Crippen molar-refractivity contribution >= 4 is 10.8 Å². The van der Waals surface area contributed by atoms with E-state index >= 15 is 0 Å². The first-order chi connectivity index (χ1) is 11.1. The summed E-state index contributed by atoms with van der Waals surface area (Å²) >= 11 is 0. The highest BCUT2D eigenvalue weighted by molar-refractivity contribution is 5.87. The molecular formula is C20H16FNO. The van der Waals surface area contributed by atoms with Gasteiger partial charge in [0.25, 0.3) is 0 Å². The number of benzene rings is 2. The van der Waals surface area contributed by atoms with Crippen LogP contribution in [0, 0.1) is 25.1 Å². The Kier molecular flexibility index (Phi) is 4.10. The summed E-state index contributed by atoms with van der Waals surface area (Å²) < 4.78 is 14.2. The predicted molar refractivity (Wildman–Crippen MR) is 90.4 cm³/mol. The van der Waals surface area contributed by atoms with Crippen LogP contribution in [-0.2, 0) is 6.42 Å². The van der Waals surface area contributed by atoms with Crippen molar-refractivity contribution in [3.8, 4) is 23.5 Å². The number of pyridine rings is 1. The minimum atomic E-state index is -0.967. The van der Waals surface area contributed by atoms with E-state index in [1.54, 1.807) is 6.07 Å². The molecule has 1 unspecified atom stereocenters. The lowest BCUT2D eigenvalue weighted by Gasteiger charge is -2.09. The summed E-state index contributed by atoms with van der Waals surface area (Å²) in [5, 5.41) is 11.6. The Morgan fingerprint density at radius 1 is 1.13 bits per heavy atom. The second-order valence-corrected chi connectivity index (χ2v) is 5.58. The topological polar surface area (TPSA) is 33.1 Å². The third-order valence-electron chi connectivity index (χ3n) is 3.85. The van der Waals surface area contributed by atoms with Gasteiger partial charge in [-0.1, -0.05) is 30.2 Å². The van der Waals surface area contributed by atoms with Gasteiger partial charge in [-0.25, -0.2) is 4.39 Å². The van der Waals surface area contributed by atoms with Crippen molar-refractivity contribution in [3.05, 3.63) is 65.7 Å². The number of aryl methyl sites for hydroxylation is 1. The molecule has 3 rings (SSSR count). The molecule has 0 saturated carbocycles. The molecule has 0 aliphatic carbocycles. The summed E-state index contributed by atoms with van der Waals surface area (Å²) in [6, 6.07) is 13.0.